The number of amides is 1. The van der Waals surface area contributed by atoms with Gasteiger partial charge in [-0.25, -0.2) is 0 Å². The van der Waals surface area contributed by atoms with Crippen LogP contribution in [0.25, 0.3) is 11.6 Å². The van der Waals surface area contributed by atoms with Crippen LogP contribution < -0.4 is 24.3 Å². The molecule has 0 aliphatic carbocycles. The maximum absolute atomic E-state index is 12.4. The number of rotatable bonds is 8. The molecule has 4 rings (SSSR count). The molecule has 0 radical (unpaired) electrons. The van der Waals surface area contributed by atoms with Gasteiger partial charge in [-0.2, -0.15) is 0 Å². The third kappa shape index (κ3) is 4.65. The summed E-state index contributed by atoms with van der Waals surface area (Å²) >= 11 is 6.02. The molecule has 1 aliphatic heterocycles. The zero-order chi connectivity index (χ0) is 22.5. The van der Waals surface area contributed by atoms with Gasteiger partial charge in [-0.3, -0.25) is 4.79 Å². The van der Waals surface area contributed by atoms with Crippen LogP contribution in [0, 0.1) is 0 Å². The second-order valence-electron chi connectivity index (χ2n) is 6.96. The van der Waals surface area contributed by atoms with Gasteiger partial charge >= 0.3 is 0 Å². The fraction of sp³-hybridized carbons (Fsp3) is 0.160. The molecule has 1 aliphatic rings. The van der Waals surface area contributed by atoms with Crippen molar-refractivity contribution in [3.05, 3.63) is 76.8 Å². The number of methoxy groups -OCH3 is 2. The zero-order valence-corrected chi connectivity index (χ0v) is 18.4. The molecular weight excluding hydrogens is 430 g/mol. The largest absolute Gasteiger partial charge is 0.493 e. The van der Waals surface area contributed by atoms with Crippen molar-refractivity contribution in [2.45, 2.75) is 0 Å². The van der Waals surface area contributed by atoms with Crippen molar-refractivity contribution in [2.24, 2.45) is 0 Å². The van der Waals surface area contributed by atoms with Crippen LogP contribution in [0.1, 0.15) is 11.1 Å². The van der Waals surface area contributed by atoms with Gasteiger partial charge in [0.1, 0.15) is 13.2 Å². The van der Waals surface area contributed by atoms with E-state index >= 15 is 0 Å². The molecule has 3 aromatic rings. The van der Waals surface area contributed by atoms with Gasteiger partial charge in [-0.1, -0.05) is 35.9 Å². The minimum Gasteiger partial charge on any atom is -0.493 e. The smallest absolute Gasteiger partial charge is 0.256 e. The number of nitrogens with one attached hydrogen (secondary N) is 1. The number of para-hydroxylation sites is 2. The number of anilines is 1. The molecule has 1 N–H and O–H groups in total. The van der Waals surface area contributed by atoms with E-state index in [-0.39, 0.29) is 5.91 Å². The lowest BCUT2D eigenvalue weighted by atomic mass is 10.0. The Bertz CT molecular complexity index is 1170. The average Bonchev–Trinajstić information content (AvgIpc) is 3.11. The summed E-state index contributed by atoms with van der Waals surface area (Å²) in [6.45, 7) is 0.667. The molecule has 7 heteroatoms. The van der Waals surface area contributed by atoms with Crippen molar-refractivity contribution in [1.29, 1.82) is 0 Å². The minimum absolute atomic E-state index is 0.171. The SMILES string of the molecule is COc1ccccc1OCCOc1ccc(/C=C2/C(=O)Nc3cc(Cl)ccc32)cc1OC. The monoisotopic (exact) mass is 451 g/mol. The lowest BCUT2D eigenvalue weighted by Gasteiger charge is -2.13. The van der Waals surface area contributed by atoms with Crippen molar-refractivity contribution < 1.29 is 23.7 Å². The van der Waals surface area contributed by atoms with E-state index in [1.165, 1.54) is 0 Å². The molecule has 0 bridgehead atoms. The van der Waals surface area contributed by atoms with Crippen LogP contribution in [-0.2, 0) is 4.79 Å². The van der Waals surface area contributed by atoms with Crippen LogP contribution in [0.5, 0.6) is 23.0 Å². The van der Waals surface area contributed by atoms with Crippen molar-refractivity contribution in [3.63, 3.8) is 0 Å². The number of halogens is 1. The first kappa shape index (κ1) is 21.6. The van der Waals surface area contributed by atoms with Crippen molar-refractivity contribution in [1.82, 2.24) is 0 Å². The van der Waals surface area contributed by atoms with E-state index < -0.39 is 0 Å². The number of ether oxygens (including phenoxy) is 4. The molecule has 0 atom stereocenters. The Morgan fingerprint density at radius 1 is 0.844 bits per heavy atom. The van der Waals surface area contributed by atoms with Crippen LogP contribution in [0.2, 0.25) is 5.02 Å². The standard InChI is InChI=1S/C25H22ClNO5/c1-29-21-5-3-4-6-22(21)31-11-12-32-23-10-7-16(14-24(23)30-2)13-19-18-9-8-17(26)15-20(18)27-25(19)28/h3-10,13-15H,11-12H2,1-2H3,(H,27,28)/b19-13+. The lowest BCUT2D eigenvalue weighted by molar-refractivity contribution is -0.110. The van der Waals surface area contributed by atoms with Crippen molar-refractivity contribution >= 4 is 34.8 Å². The quantitative estimate of drug-likeness (QED) is 0.371. The Morgan fingerprint density at radius 2 is 1.53 bits per heavy atom. The second-order valence-corrected chi connectivity index (χ2v) is 7.40. The maximum Gasteiger partial charge on any atom is 0.256 e. The fourth-order valence-corrected chi connectivity index (χ4v) is 3.58. The third-order valence-electron chi connectivity index (χ3n) is 4.93. The summed E-state index contributed by atoms with van der Waals surface area (Å²) in [5, 5.41) is 3.41. The molecule has 32 heavy (non-hydrogen) atoms. The molecule has 0 fully saturated rings. The topological polar surface area (TPSA) is 66.0 Å². The van der Waals surface area contributed by atoms with Gasteiger partial charge in [0.15, 0.2) is 23.0 Å². The highest BCUT2D eigenvalue weighted by molar-refractivity contribution is 6.36. The number of hydrogen-bond donors (Lipinski definition) is 1. The summed E-state index contributed by atoms with van der Waals surface area (Å²) in [6.07, 6.45) is 1.81. The molecule has 6 nitrogen and oxygen atoms in total. The number of carbonyl (C=O) groups excluding carboxylic acids is 1. The molecule has 1 amide bonds. The van der Waals surface area contributed by atoms with E-state index in [4.69, 9.17) is 30.5 Å². The fourth-order valence-electron chi connectivity index (χ4n) is 3.41. The lowest BCUT2D eigenvalue weighted by Crippen LogP contribution is -2.10. The molecule has 0 unspecified atom stereocenters. The maximum atomic E-state index is 12.4. The van der Waals surface area contributed by atoms with Crippen LogP contribution in [0.3, 0.4) is 0 Å². The van der Waals surface area contributed by atoms with E-state index in [1.807, 2.05) is 54.6 Å². The van der Waals surface area contributed by atoms with Crippen LogP contribution in [0.15, 0.2) is 60.7 Å². The Balaban J connectivity index is 1.44. The summed E-state index contributed by atoms with van der Waals surface area (Å²) in [6, 6.07) is 18.3. The first-order chi connectivity index (χ1) is 15.6. The number of fused-ring (bicyclic) bond motifs is 1. The molecule has 3 aromatic carbocycles. The predicted molar refractivity (Wildman–Crippen MR) is 125 cm³/mol. The second kappa shape index (κ2) is 9.66. The normalized spacial score (nSPS) is 13.5. The van der Waals surface area contributed by atoms with Crippen LogP contribution >= 0.6 is 11.6 Å². The summed E-state index contributed by atoms with van der Waals surface area (Å²) < 4.78 is 22.3. The van der Waals surface area contributed by atoms with Gasteiger partial charge < -0.3 is 24.3 Å². The Labute approximate surface area is 191 Å². The van der Waals surface area contributed by atoms with E-state index in [0.717, 1.165) is 11.1 Å². The van der Waals surface area contributed by atoms with E-state index in [9.17, 15) is 4.79 Å². The van der Waals surface area contributed by atoms with Gasteiger partial charge in [-0.15, -0.1) is 0 Å². The van der Waals surface area contributed by atoms with Gasteiger partial charge in [-0.05, 0) is 48.0 Å². The van der Waals surface area contributed by atoms with Gasteiger partial charge in [0.25, 0.3) is 5.91 Å². The highest BCUT2D eigenvalue weighted by atomic mass is 35.5. The zero-order valence-electron chi connectivity index (χ0n) is 17.7. The predicted octanol–water partition coefficient (Wildman–Crippen LogP) is 5.31. The number of benzene rings is 3. The first-order valence-corrected chi connectivity index (χ1v) is 10.4. The summed E-state index contributed by atoms with van der Waals surface area (Å²) in [5.41, 5.74) is 2.90. The van der Waals surface area contributed by atoms with Crippen molar-refractivity contribution in [3.8, 4) is 23.0 Å². The van der Waals surface area contributed by atoms with E-state index in [0.29, 0.717) is 52.5 Å². The number of hydrogen-bond acceptors (Lipinski definition) is 5. The molecular formula is C25H22ClNO5. The Morgan fingerprint density at radius 3 is 2.25 bits per heavy atom. The minimum atomic E-state index is -0.171. The van der Waals surface area contributed by atoms with E-state index in [1.54, 1.807) is 26.4 Å². The molecule has 1 heterocycles. The van der Waals surface area contributed by atoms with Crippen molar-refractivity contribution in [2.75, 3.05) is 32.8 Å². The van der Waals surface area contributed by atoms with Crippen LogP contribution in [-0.4, -0.2) is 33.3 Å². The number of carbonyl (C=O) groups is 1. The summed E-state index contributed by atoms with van der Waals surface area (Å²) in [5.74, 6) is 2.30. The molecule has 164 valence electrons. The molecule has 0 aromatic heterocycles. The molecule has 0 saturated heterocycles. The molecule has 0 spiro atoms. The molecule has 0 saturated carbocycles. The van der Waals surface area contributed by atoms with Crippen LogP contribution in [0.4, 0.5) is 5.69 Å². The highest BCUT2D eigenvalue weighted by Crippen LogP contribution is 2.36. The third-order valence-corrected chi connectivity index (χ3v) is 5.17. The van der Waals surface area contributed by atoms with Gasteiger partial charge in [0.2, 0.25) is 0 Å². The van der Waals surface area contributed by atoms with Gasteiger partial charge in [0, 0.05) is 16.2 Å². The summed E-state index contributed by atoms with van der Waals surface area (Å²) in [4.78, 5) is 12.4. The Hall–Kier alpha value is -3.64. The highest BCUT2D eigenvalue weighted by Gasteiger charge is 2.24. The van der Waals surface area contributed by atoms with Gasteiger partial charge in [0.05, 0.1) is 19.9 Å². The summed E-state index contributed by atoms with van der Waals surface area (Å²) in [7, 11) is 3.17. The average molecular weight is 452 g/mol. The Kier molecular flexibility index (Phi) is 6.52. The van der Waals surface area contributed by atoms with E-state index in [2.05, 4.69) is 5.32 Å². The first-order valence-electron chi connectivity index (χ1n) is 9.98.